The number of anilines is 2. The van der Waals surface area contributed by atoms with Crippen LogP contribution in [0.2, 0.25) is 5.15 Å². The molecule has 6 N–H and O–H groups in total. The van der Waals surface area contributed by atoms with E-state index in [4.69, 9.17) is 23.1 Å². The first kappa shape index (κ1) is 29.0. The number of nitrogens with zero attached hydrogens (tertiary/aromatic N) is 5. The molecular formula is C26H28ClN9O5S. The highest BCUT2D eigenvalue weighted by Crippen LogP contribution is 2.26. The molecule has 4 heterocycles. The summed E-state index contributed by atoms with van der Waals surface area (Å²) in [6.45, 7) is 1.38. The zero-order valence-electron chi connectivity index (χ0n) is 22.3. The molecule has 220 valence electrons. The van der Waals surface area contributed by atoms with Crippen LogP contribution in [0.15, 0.2) is 58.7 Å². The highest BCUT2D eigenvalue weighted by atomic mass is 35.5. The molecule has 2 aromatic heterocycles. The van der Waals surface area contributed by atoms with Gasteiger partial charge in [0.2, 0.25) is 5.91 Å². The summed E-state index contributed by atoms with van der Waals surface area (Å²) in [7, 11) is -3.81. The summed E-state index contributed by atoms with van der Waals surface area (Å²) in [4.78, 5) is 51.6. The first-order valence-electron chi connectivity index (χ1n) is 13.0. The summed E-state index contributed by atoms with van der Waals surface area (Å²) >= 11 is 5.85. The fourth-order valence-electron chi connectivity index (χ4n) is 4.83. The van der Waals surface area contributed by atoms with Gasteiger partial charge in [-0.2, -0.15) is 4.99 Å². The maximum atomic E-state index is 12.9. The van der Waals surface area contributed by atoms with Crippen molar-refractivity contribution < 1.29 is 22.8 Å². The normalized spacial score (nSPS) is 17.2. The summed E-state index contributed by atoms with van der Waals surface area (Å²) < 4.78 is 26.5. The highest BCUT2D eigenvalue weighted by molar-refractivity contribution is 7.90. The molecule has 0 aliphatic carbocycles. The van der Waals surface area contributed by atoms with Crippen molar-refractivity contribution in [3.05, 3.63) is 65.2 Å². The highest BCUT2D eigenvalue weighted by Gasteiger charge is 2.40. The van der Waals surface area contributed by atoms with Crippen LogP contribution in [0.25, 0.3) is 0 Å². The molecule has 16 heteroatoms. The Balaban J connectivity index is 1.12. The zero-order chi connectivity index (χ0) is 30.1. The van der Waals surface area contributed by atoms with Crippen molar-refractivity contribution in [2.45, 2.75) is 36.1 Å². The lowest BCUT2D eigenvalue weighted by atomic mass is 9.88. The standard InChI is InChI=1S/C26H28ClN9O5S/c27-21-23(29)32-22(28)20(31-21)24(39)33-25-30-15-26(34-25)9-12-35(13-10-26)19(38)7-6-18(37)16-8-11-36(14-16)42(40,41)17-4-2-1-3-5-17/h1-5,8,11,14H,6-7,9-10,12-13,15H2,(H4,28,29,32)(H2,30,33,34,39). The molecule has 2 fully saturated rings. The van der Waals surface area contributed by atoms with Gasteiger partial charge in [-0.25, -0.2) is 22.4 Å². The maximum absolute atomic E-state index is 12.9. The number of benzene rings is 1. The van der Waals surface area contributed by atoms with Gasteiger partial charge >= 0.3 is 5.91 Å². The van der Waals surface area contributed by atoms with E-state index >= 15 is 0 Å². The number of hydrogen-bond donors (Lipinski definition) is 4. The summed E-state index contributed by atoms with van der Waals surface area (Å²) in [5, 5.41) is 6.16. The Morgan fingerprint density at radius 3 is 2.45 bits per heavy atom. The number of guanidine groups is 1. The van der Waals surface area contributed by atoms with Crippen LogP contribution in [-0.4, -0.2) is 76.0 Å². The molecule has 0 bridgehead atoms. The molecule has 0 atom stereocenters. The minimum Gasteiger partial charge on any atom is -0.382 e. The molecule has 2 aliphatic heterocycles. The number of likely N-dealkylation sites (tertiary alicyclic amines) is 1. The largest absolute Gasteiger partial charge is 0.382 e. The molecule has 0 radical (unpaired) electrons. The topological polar surface area (TPSA) is 208 Å². The number of carbonyl (C=O) groups excluding carboxylic acids is 3. The quantitative estimate of drug-likeness (QED) is 0.277. The number of aliphatic imine (C=N–C) groups is 1. The van der Waals surface area contributed by atoms with Crippen LogP contribution >= 0.6 is 11.6 Å². The third-order valence-electron chi connectivity index (χ3n) is 7.25. The minimum absolute atomic E-state index is 0.00193. The van der Waals surface area contributed by atoms with Gasteiger partial charge in [0.05, 0.1) is 10.4 Å². The van der Waals surface area contributed by atoms with E-state index in [0.717, 1.165) is 3.97 Å². The number of piperidine rings is 1. The smallest absolute Gasteiger partial charge is 0.302 e. The fraction of sp³-hybridized carbons (Fsp3) is 0.308. The molecule has 3 aromatic rings. The van der Waals surface area contributed by atoms with Gasteiger partial charge in [-0.3, -0.25) is 14.4 Å². The van der Waals surface area contributed by atoms with Gasteiger partial charge in [0.15, 0.2) is 34.2 Å². The lowest BCUT2D eigenvalue weighted by Crippen LogP contribution is -2.53. The fourth-order valence-corrected chi connectivity index (χ4v) is 6.17. The van der Waals surface area contributed by atoms with Crippen molar-refractivity contribution >= 4 is 56.8 Å². The third kappa shape index (κ3) is 5.92. The van der Waals surface area contributed by atoms with Gasteiger partial charge in [-0.15, -0.1) is 0 Å². The summed E-state index contributed by atoms with van der Waals surface area (Å²) in [5.74, 6) is -1.25. The number of halogens is 1. The number of hydrogen-bond acceptors (Lipinski definition) is 9. The van der Waals surface area contributed by atoms with Crippen LogP contribution in [0.1, 0.15) is 46.5 Å². The Hall–Kier alpha value is -4.50. The van der Waals surface area contributed by atoms with Crippen molar-refractivity contribution in [3.8, 4) is 0 Å². The molecule has 0 saturated carbocycles. The lowest BCUT2D eigenvalue weighted by molar-refractivity contribution is -0.132. The average molecular weight is 614 g/mol. The number of carbonyl (C=O) groups is 3. The van der Waals surface area contributed by atoms with Crippen molar-refractivity contribution in [1.82, 2.24) is 29.5 Å². The molecule has 42 heavy (non-hydrogen) atoms. The molecule has 0 unspecified atom stereocenters. The van der Waals surface area contributed by atoms with Crippen molar-refractivity contribution in [1.29, 1.82) is 0 Å². The van der Waals surface area contributed by atoms with Crippen molar-refractivity contribution in [3.63, 3.8) is 0 Å². The number of rotatable bonds is 7. The van der Waals surface area contributed by atoms with E-state index in [0.29, 0.717) is 32.5 Å². The molecular weight excluding hydrogens is 586 g/mol. The van der Waals surface area contributed by atoms with Crippen molar-refractivity contribution in [2.75, 3.05) is 31.1 Å². The first-order chi connectivity index (χ1) is 20.0. The second-order valence-corrected chi connectivity index (χ2v) is 12.2. The Morgan fingerprint density at radius 2 is 1.74 bits per heavy atom. The van der Waals surface area contributed by atoms with Crippen LogP contribution in [0.3, 0.4) is 0 Å². The summed E-state index contributed by atoms with van der Waals surface area (Å²) in [6.07, 6.45) is 3.72. The molecule has 2 aliphatic rings. The Bertz CT molecular complexity index is 1680. The maximum Gasteiger partial charge on any atom is 0.302 e. The number of nitrogens with two attached hydrogens (primary N) is 2. The van der Waals surface area contributed by atoms with Gasteiger partial charge in [-0.1, -0.05) is 29.8 Å². The van der Waals surface area contributed by atoms with Gasteiger partial charge in [0, 0.05) is 50.4 Å². The molecule has 5 rings (SSSR count). The zero-order valence-corrected chi connectivity index (χ0v) is 23.9. The predicted octanol–water partition coefficient (Wildman–Crippen LogP) is 1.05. The molecule has 2 saturated heterocycles. The summed E-state index contributed by atoms with van der Waals surface area (Å²) in [5.41, 5.74) is 10.9. The van der Waals surface area contributed by atoms with E-state index in [1.165, 1.54) is 30.6 Å². The van der Waals surface area contributed by atoms with Crippen molar-refractivity contribution in [2.24, 2.45) is 4.99 Å². The van der Waals surface area contributed by atoms with E-state index in [9.17, 15) is 22.8 Å². The van der Waals surface area contributed by atoms with Gasteiger partial charge < -0.3 is 27.0 Å². The van der Waals surface area contributed by atoms with Crippen LogP contribution in [0.5, 0.6) is 0 Å². The number of nitrogens with one attached hydrogen (secondary N) is 2. The average Bonchev–Trinajstić information content (AvgIpc) is 3.63. The van der Waals surface area contributed by atoms with E-state index in [1.54, 1.807) is 23.1 Å². The van der Waals surface area contributed by atoms with Gasteiger partial charge in [0.1, 0.15) is 0 Å². The minimum atomic E-state index is -3.81. The summed E-state index contributed by atoms with van der Waals surface area (Å²) in [6, 6.07) is 9.35. The SMILES string of the molecule is Nc1nc(N)c(C(=O)/N=C2\NCC3(CCN(C(=O)CCC(=O)c4ccn(S(=O)(=O)c5ccccc5)c4)CC3)N2)nc1Cl. The number of nitrogen functional groups attached to an aromatic ring is 2. The van der Waals surface area contributed by atoms with Crippen LogP contribution in [0.4, 0.5) is 11.6 Å². The van der Waals surface area contributed by atoms with Gasteiger partial charge in [0.25, 0.3) is 10.0 Å². The first-order valence-corrected chi connectivity index (χ1v) is 14.8. The third-order valence-corrected chi connectivity index (χ3v) is 9.17. The van der Waals surface area contributed by atoms with Crippen LogP contribution in [0, 0.1) is 0 Å². The number of ketones is 1. The van der Waals surface area contributed by atoms with Crippen LogP contribution < -0.4 is 22.1 Å². The van der Waals surface area contributed by atoms with E-state index < -0.39 is 21.5 Å². The number of Topliss-reactive ketones (excluding diaryl/α,β-unsaturated/α-hetero) is 1. The number of amides is 2. The monoisotopic (exact) mass is 613 g/mol. The van der Waals surface area contributed by atoms with Crippen LogP contribution in [-0.2, 0) is 14.8 Å². The van der Waals surface area contributed by atoms with Gasteiger partial charge in [-0.05, 0) is 31.0 Å². The Labute approximate surface area is 246 Å². The molecule has 1 spiro atoms. The lowest BCUT2D eigenvalue weighted by Gasteiger charge is -2.38. The van der Waals surface area contributed by atoms with E-state index in [-0.39, 0.29) is 63.4 Å². The Kier molecular flexibility index (Phi) is 7.88. The Morgan fingerprint density at radius 1 is 1.02 bits per heavy atom. The molecule has 14 nitrogen and oxygen atoms in total. The second-order valence-electron chi connectivity index (χ2n) is 10.0. The van der Waals surface area contributed by atoms with E-state index in [2.05, 4.69) is 25.6 Å². The number of aromatic nitrogens is 3. The molecule has 2 amide bonds. The predicted molar refractivity (Wildman–Crippen MR) is 154 cm³/mol. The van der Waals surface area contributed by atoms with E-state index in [1.807, 2.05) is 0 Å². The second kappa shape index (κ2) is 11.4. The molecule has 1 aromatic carbocycles.